The van der Waals surface area contributed by atoms with Crippen molar-refractivity contribution in [1.29, 1.82) is 0 Å². The minimum Gasteiger partial charge on any atom is -0.439 e. The van der Waals surface area contributed by atoms with E-state index in [-0.39, 0.29) is 0 Å². The van der Waals surface area contributed by atoms with Crippen LogP contribution in [0.2, 0.25) is 0 Å². The van der Waals surface area contributed by atoms with Crippen LogP contribution >= 0.6 is 0 Å². The van der Waals surface area contributed by atoms with E-state index in [1.807, 2.05) is 29.1 Å². The van der Waals surface area contributed by atoms with Gasteiger partial charge in [0.15, 0.2) is 0 Å². The van der Waals surface area contributed by atoms with Crippen LogP contribution in [0.5, 0.6) is 0 Å². The smallest absolute Gasteiger partial charge is 0.209 e. The summed E-state index contributed by atoms with van der Waals surface area (Å²) in [6, 6.07) is 20.6. The first-order valence-corrected chi connectivity index (χ1v) is 9.27. The summed E-state index contributed by atoms with van der Waals surface area (Å²) in [4.78, 5) is 11.0. The second-order valence-electron chi connectivity index (χ2n) is 6.91. The third-order valence-electron chi connectivity index (χ3n) is 4.84. The summed E-state index contributed by atoms with van der Waals surface area (Å²) >= 11 is 0. The van der Waals surface area contributed by atoms with E-state index < -0.39 is 0 Å². The molecule has 1 amide bonds. The number of aromatic nitrogens is 1. The highest BCUT2D eigenvalue weighted by Crippen LogP contribution is 2.41. The number of furan rings is 1. The Kier molecular flexibility index (Phi) is 4.85. The van der Waals surface area contributed by atoms with E-state index >= 15 is 0 Å². The van der Waals surface area contributed by atoms with E-state index in [0.29, 0.717) is 12.4 Å². The molecule has 4 heteroatoms. The van der Waals surface area contributed by atoms with Gasteiger partial charge in [0.1, 0.15) is 5.76 Å². The molecule has 4 nitrogen and oxygen atoms in total. The molecule has 4 rings (SSSR count). The Morgan fingerprint density at radius 3 is 2.04 bits per heavy atom. The summed E-state index contributed by atoms with van der Waals surface area (Å²) in [6.07, 6.45) is 4.61. The van der Waals surface area contributed by atoms with Crippen molar-refractivity contribution in [2.24, 2.45) is 0 Å². The normalized spacial score (nSPS) is 10.8. The van der Waals surface area contributed by atoms with Gasteiger partial charge >= 0.3 is 0 Å². The molecule has 0 aliphatic carbocycles. The molecule has 2 heterocycles. The zero-order chi connectivity index (χ0) is 19.5. The van der Waals surface area contributed by atoms with Crippen LogP contribution in [0, 0.1) is 13.8 Å². The van der Waals surface area contributed by atoms with E-state index in [2.05, 4.69) is 67.7 Å². The molecule has 0 aliphatic heterocycles. The number of hydrogen-bond acceptors (Lipinski definition) is 2. The van der Waals surface area contributed by atoms with Gasteiger partial charge in [0, 0.05) is 35.6 Å². The molecule has 0 bridgehead atoms. The summed E-state index contributed by atoms with van der Waals surface area (Å²) in [7, 11) is 0. The van der Waals surface area contributed by atoms with Gasteiger partial charge in [-0.25, -0.2) is 0 Å². The molecule has 0 spiro atoms. The number of hydrogen-bond donors (Lipinski definition) is 1. The molecule has 28 heavy (non-hydrogen) atoms. The van der Waals surface area contributed by atoms with Crippen LogP contribution in [0.3, 0.4) is 0 Å². The number of amides is 1. The summed E-state index contributed by atoms with van der Waals surface area (Å²) in [6.45, 7) is 4.52. The number of carbonyl (C=O) groups excluding carboxylic acids is 1. The molecule has 0 saturated carbocycles. The van der Waals surface area contributed by atoms with E-state index in [1.54, 1.807) is 0 Å². The Bertz CT molecular complexity index is 1070. The molecule has 0 aliphatic rings. The van der Waals surface area contributed by atoms with Gasteiger partial charge < -0.3 is 9.73 Å². The predicted molar refractivity (Wildman–Crippen MR) is 111 cm³/mol. The maximum absolute atomic E-state index is 11.0. The first kappa shape index (κ1) is 17.9. The third kappa shape index (κ3) is 3.37. The Balaban J connectivity index is 1.99. The van der Waals surface area contributed by atoms with E-state index in [0.717, 1.165) is 34.4 Å². The lowest BCUT2D eigenvalue weighted by Gasteiger charge is -2.08. The average molecular weight is 370 g/mol. The Labute approximate surface area is 164 Å². The Morgan fingerprint density at radius 1 is 0.893 bits per heavy atom. The lowest BCUT2D eigenvalue weighted by molar-refractivity contribution is -0.109. The van der Waals surface area contributed by atoms with Crippen LogP contribution in [0.15, 0.2) is 77.5 Å². The van der Waals surface area contributed by atoms with Crippen molar-refractivity contribution in [1.82, 2.24) is 9.88 Å². The van der Waals surface area contributed by atoms with Gasteiger partial charge in [-0.15, -0.1) is 0 Å². The number of benzene rings is 2. The topological polar surface area (TPSA) is 47.2 Å². The van der Waals surface area contributed by atoms with Crippen LogP contribution in [0.1, 0.15) is 16.7 Å². The predicted octanol–water partition coefficient (Wildman–Crippen LogP) is 5.27. The SMILES string of the molecule is Cc1ccc(-c2oc(-n3cccc3)c(CNC=O)c2-c2ccc(C)cc2)cc1. The van der Waals surface area contributed by atoms with Crippen LogP contribution in [-0.4, -0.2) is 11.0 Å². The maximum Gasteiger partial charge on any atom is 0.209 e. The van der Waals surface area contributed by atoms with Crippen LogP contribution in [0.4, 0.5) is 0 Å². The van der Waals surface area contributed by atoms with Crippen molar-refractivity contribution in [3.05, 3.63) is 89.7 Å². The lowest BCUT2D eigenvalue weighted by atomic mass is 9.96. The molecule has 1 N–H and O–H groups in total. The van der Waals surface area contributed by atoms with Crippen molar-refractivity contribution in [2.75, 3.05) is 0 Å². The molecule has 0 unspecified atom stereocenters. The van der Waals surface area contributed by atoms with Crippen molar-refractivity contribution in [3.63, 3.8) is 0 Å². The van der Waals surface area contributed by atoms with Crippen LogP contribution in [0.25, 0.3) is 28.3 Å². The second-order valence-corrected chi connectivity index (χ2v) is 6.91. The molecule has 0 fully saturated rings. The van der Waals surface area contributed by atoms with Crippen molar-refractivity contribution in [2.45, 2.75) is 20.4 Å². The first-order chi connectivity index (χ1) is 13.7. The molecule has 0 radical (unpaired) electrons. The van der Waals surface area contributed by atoms with Gasteiger partial charge in [0.05, 0.1) is 0 Å². The van der Waals surface area contributed by atoms with Crippen molar-refractivity contribution in [3.8, 4) is 28.3 Å². The number of nitrogens with zero attached hydrogens (tertiary/aromatic N) is 1. The third-order valence-corrected chi connectivity index (χ3v) is 4.84. The molecular formula is C24H22N2O2. The van der Waals surface area contributed by atoms with Gasteiger partial charge in [-0.05, 0) is 31.5 Å². The molecule has 2 aromatic heterocycles. The van der Waals surface area contributed by atoms with Gasteiger partial charge in [0.25, 0.3) is 0 Å². The quantitative estimate of drug-likeness (QED) is 0.470. The fourth-order valence-corrected chi connectivity index (χ4v) is 3.37. The fraction of sp³-hybridized carbons (Fsp3) is 0.125. The summed E-state index contributed by atoms with van der Waals surface area (Å²) < 4.78 is 8.35. The summed E-state index contributed by atoms with van der Waals surface area (Å²) in [5.74, 6) is 1.51. The van der Waals surface area contributed by atoms with Gasteiger partial charge in [-0.1, -0.05) is 59.7 Å². The summed E-state index contributed by atoms with van der Waals surface area (Å²) in [5.41, 5.74) is 6.41. The van der Waals surface area contributed by atoms with Crippen molar-refractivity contribution >= 4 is 6.41 Å². The molecule has 0 saturated heterocycles. The molecule has 140 valence electrons. The van der Waals surface area contributed by atoms with E-state index in [1.165, 1.54) is 11.1 Å². The van der Waals surface area contributed by atoms with E-state index in [9.17, 15) is 4.79 Å². The largest absolute Gasteiger partial charge is 0.439 e. The Morgan fingerprint density at radius 2 is 1.46 bits per heavy atom. The molecule has 2 aromatic carbocycles. The highest BCUT2D eigenvalue weighted by Gasteiger charge is 2.23. The highest BCUT2D eigenvalue weighted by molar-refractivity contribution is 5.85. The Hall–Kier alpha value is -3.53. The molecular weight excluding hydrogens is 348 g/mol. The van der Waals surface area contributed by atoms with Crippen LogP contribution < -0.4 is 5.32 Å². The summed E-state index contributed by atoms with van der Waals surface area (Å²) in [5, 5.41) is 2.81. The number of carbonyl (C=O) groups is 1. The molecule has 0 atom stereocenters. The van der Waals surface area contributed by atoms with Crippen molar-refractivity contribution < 1.29 is 9.21 Å². The number of aryl methyl sites for hydroxylation is 2. The number of rotatable bonds is 6. The lowest BCUT2D eigenvalue weighted by Crippen LogP contribution is -2.11. The van der Waals surface area contributed by atoms with Gasteiger partial charge in [-0.2, -0.15) is 0 Å². The fourth-order valence-electron chi connectivity index (χ4n) is 3.37. The minimum atomic E-state index is 0.385. The van der Waals surface area contributed by atoms with Gasteiger partial charge in [-0.3, -0.25) is 9.36 Å². The average Bonchev–Trinajstić information content (AvgIpc) is 3.35. The van der Waals surface area contributed by atoms with Gasteiger partial charge in [0.2, 0.25) is 12.3 Å². The second kappa shape index (κ2) is 7.61. The number of nitrogens with one attached hydrogen (secondary N) is 1. The zero-order valence-corrected chi connectivity index (χ0v) is 16.0. The van der Waals surface area contributed by atoms with Crippen LogP contribution in [-0.2, 0) is 11.3 Å². The first-order valence-electron chi connectivity index (χ1n) is 9.27. The van der Waals surface area contributed by atoms with E-state index in [4.69, 9.17) is 4.42 Å². The minimum absolute atomic E-state index is 0.385. The maximum atomic E-state index is 11.0. The standard InChI is InChI=1S/C24H22N2O2/c1-17-5-9-19(10-6-17)22-21(15-25-16-27)24(26-13-3-4-14-26)28-23(22)20-11-7-18(2)8-12-20/h3-14,16H,15H2,1-2H3,(H,25,27). The zero-order valence-electron chi connectivity index (χ0n) is 16.0. The monoisotopic (exact) mass is 370 g/mol. The highest BCUT2D eigenvalue weighted by atomic mass is 16.4. The molecule has 4 aromatic rings.